The number of nitriles is 1. The van der Waals surface area contributed by atoms with Crippen LogP contribution in [0.5, 0.6) is 0 Å². The highest BCUT2D eigenvalue weighted by Crippen LogP contribution is 2.22. The van der Waals surface area contributed by atoms with E-state index in [9.17, 15) is 0 Å². The molecule has 0 aliphatic carbocycles. The van der Waals surface area contributed by atoms with Crippen molar-refractivity contribution in [3.8, 4) is 6.07 Å². The molecule has 2 heterocycles. The first kappa shape index (κ1) is 11.8. The van der Waals surface area contributed by atoms with Crippen LogP contribution in [0.1, 0.15) is 17.1 Å². The number of hydrogen-bond acceptors (Lipinski definition) is 4. The minimum absolute atomic E-state index is 0.272. The summed E-state index contributed by atoms with van der Waals surface area (Å²) in [5.74, 6) is 1.69. The Morgan fingerprint density at radius 2 is 2.26 bits per heavy atom. The highest BCUT2D eigenvalue weighted by molar-refractivity contribution is 6.16. The summed E-state index contributed by atoms with van der Waals surface area (Å²) in [7, 11) is 0. The molecule has 3 aromatic rings. The van der Waals surface area contributed by atoms with Crippen LogP contribution in [-0.4, -0.2) is 14.7 Å². The van der Waals surface area contributed by atoms with Crippen LogP contribution in [0.15, 0.2) is 35.0 Å². The first-order valence-electron chi connectivity index (χ1n) is 5.67. The number of alkyl halides is 1. The van der Waals surface area contributed by atoms with Gasteiger partial charge in [0.25, 0.3) is 0 Å². The summed E-state index contributed by atoms with van der Waals surface area (Å²) in [5, 5.41) is 12.8. The molecule has 6 heteroatoms. The van der Waals surface area contributed by atoms with Crippen LogP contribution in [-0.2, 0) is 12.4 Å². The molecule has 19 heavy (non-hydrogen) atoms. The monoisotopic (exact) mass is 272 g/mol. The van der Waals surface area contributed by atoms with Crippen molar-refractivity contribution in [1.29, 1.82) is 5.26 Å². The van der Waals surface area contributed by atoms with Crippen LogP contribution < -0.4 is 0 Å². The Kier molecular flexibility index (Phi) is 2.94. The van der Waals surface area contributed by atoms with E-state index < -0.39 is 0 Å². The fraction of sp³-hybridized carbons (Fsp3) is 0.154. The number of imidazole rings is 1. The predicted molar refractivity (Wildman–Crippen MR) is 69.6 cm³/mol. The molecular weight excluding hydrogens is 264 g/mol. The van der Waals surface area contributed by atoms with Crippen molar-refractivity contribution in [2.45, 2.75) is 12.4 Å². The summed E-state index contributed by atoms with van der Waals surface area (Å²) < 4.78 is 7.04. The van der Waals surface area contributed by atoms with Crippen molar-refractivity contribution in [2.75, 3.05) is 0 Å². The lowest BCUT2D eigenvalue weighted by atomic mass is 10.2. The van der Waals surface area contributed by atoms with E-state index in [0.717, 1.165) is 5.52 Å². The smallest absolute Gasteiger partial charge is 0.156 e. The van der Waals surface area contributed by atoms with Crippen LogP contribution in [0, 0.1) is 11.3 Å². The zero-order valence-electron chi connectivity index (χ0n) is 9.88. The zero-order valence-corrected chi connectivity index (χ0v) is 10.6. The van der Waals surface area contributed by atoms with Crippen LogP contribution in [0.2, 0.25) is 0 Å². The van der Waals surface area contributed by atoms with Crippen LogP contribution in [0.25, 0.3) is 11.0 Å². The van der Waals surface area contributed by atoms with Gasteiger partial charge in [0.15, 0.2) is 5.76 Å². The lowest BCUT2D eigenvalue weighted by Gasteiger charge is -2.04. The molecule has 0 spiro atoms. The van der Waals surface area contributed by atoms with Gasteiger partial charge in [-0.1, -0.05) is 11.2 Å². The summed E-state index contributed by atoms with van der Waals surface area (Å²) in [6.07, 6.45) is 1.59. The number of hydrogen-bond donors (Lipinski definition) is 0. The van der Waals surface area contributed by atoms with Gasteiger partial charge in [0.1, 0.15) is 17.4 Å². The molecule has 0 aliphatic heterocycles. The molecule has 1 aromatic carbocycles. The Hall–Kier alpha value is -2.32. The maximum atomic E-state index is 9.10. The SMILES string of the molecule is N#Cc1cccc2c1nc(CCl)n2Cc1ccno1. The second-order valence-electron chi connectivity index (χ2n) is 4.01. The molecule has 2 aromatic heterocycles. The Balaban J connectivity index is 2.19. The molecule has 0 fully saturated rings. The van der Waals surface area contributed by atoms with Gasteiger partial charge in [-0.25, -0.2) is 4.98 Å². The highest BCUT2D eigenvalue weighted by atomic mass is 35.5. The summed E-state index contributed by atoms with van der Waals surface area (Å²) in [4.78, 5) is 4.43. The van der Waals surface area contributed by atoms with Crippen LogP contribution in [0.4, 0.5) is 0 Å². The summed E-state index contributed by atoms with van der Waals surface area (Å²) in [6, 6.07) is 9.41. The summed E-state index contributed by atoms with van der Waals surface area (Å²) in [5.41, 5.74) is 2.08. The average molecular weight is 273 g/mol. The molecule has 0 atom stereocenters. The normalized spacial score (nSPS) is 10.7. The minimum atomic E-state index is 0.272. The first-order chi connectivity index (χ1) is 9.33. The summed E-state index contributed by atoms with van der Waals surface area (Å²) >= 11 is 5.93. The van der Waals surface area contributed by atoms with Crippen molar-refractivity contribution < 1.29 is 4.52 Å². The molecule has 0 bridgehead atoms. The van der Waals surface area contributed by atoms with Crippen molar-refractivity contribution in [3.63, 3.8) is 0 Å². The van der Waals surface area contributed by atoms with E-state index in [2.05, 4.69) is 16.2 Å². The molecule has 0 radical (unpaired) electrons. The van der Waals surface area contributed by atoms with E-state index in [1.807, 2.05) is 16.7 Å². The second kappa shape index (κ2) is 4.75. The third-order valence-electron chi connectivity index (χ3n) is 2.90. The Labute approximate surface area is 114 Å². The molecule has 0 saturated heterocycles. The van der Waals surface area contributed by atoms with Gasteiger partial charge in [-0.2, -0.15) is 5.26 Å². The molecule has 0 aliphatic rings. The highest BCUT2D eigenvalue weighted by Gasteiger charge is 2.14. The lowest BCUT2D eigenvalue weighted by molar-refractivity contribution is 0.376. The fourth-order valence-electron chi connectivity index (χ4n) is 2.04. The van der Waals surface area contributed by atoms with Gasteiger partial charge >= 0.3 is 0 Å². The largest absolute Gasteiger partial charge is 0.359 e. The molecule has 3 rings (SSSR count). The second-order valence-corrected chi connectivity index (χ2v) is 4.28. The number of fused-ring (bicyclic) bond motifs is 1. The number of para-hydroxylation sites is 1. The van der Waals surface area contributed by atoms with Crippen LogP contribution in [0.3, 0.4) is 0 Å². The van der Waals surface area contributed by atoms with Gasteiger partial charge in [-0.15, -0.1) is 11.6 Å². The van der Waals surface area contributed by atoms with E-state index in [0.29, 0.717) is 29.2 Å². The predicted octanol–water partition coefficient (Wildman–Crippen LogP) is 2.68. The maximum absolute atomic E-state index is 9.10. The molecule has 0 unspecified atom stereocenters. The molecular formula is C13H9ClN4O. The summed E-state index contributed by atoms with van der Waals surface area (Å²) in [6.45, 7) is 0.493. The Morgan fingerprint density at radius 1 is 1.37 bits per heavy atom. The van der Waals surface area contributed by atoms with Gasteiger partial charge in [0.2, 0.25) is 0 Å². The number of halogens is 1. The topological polar surface area (TPSA) is 67.6 Å². The first-order valence-corrected chi connectivity index (χ1v) is 6.20. The third-order valence-corrected chi connectivity index (χ3v) is 3.14. The van der Waals surface area contributed by atoms with E-state index in [1.165, 1.54) is 0 Å². The molecule has 5 nitrogen and oxygen atoms in total. The third kappa shape index (κ3) is 1.96. The van der Waals surface area contributed by atoms with Crippen molar-refractivity contribution >= 4 is 22.6 Å². The van der Waals surface area contributed by atoms with Crippen molar-refractivity contribution in [1.82, 2.24) is 14.7 Å². The fourth-order valence-corrected chi connectivity index (χ4v) is 2.25. The molecule has 0 amide bonds. The van der Waals surface area contributed by atoms with Crippen molar-refractivity contribution in [2.24, 2.45) is 0 Å². The van der Waals surface area contributed by atoms with Crippen molar-refractivity contribution in [3.05, 3.63) is 47.6 Å². The van der Waals surface area contributed by atoms with Crippen LogP contribution >= 0.6 is 11.6 Å². The van der Waals surface area contributed by atoms with E-state index in [1.54, 1.807) is 18.3 Å². The van der Waals surface area contributed by atoms with Gasteiger partial charge in [0, 0.05) is 6.07 Å². The minimum Gasteiger partial charge on any atom is -0.359 e. The van der Waals surface area contributed by atoms with Gasteiger partial charge < -0.3 is 9.09 Å². The number of nitrogens with zero attached hydrogens (tertiary/aromatic N) is 4. The quantitative estimate of drug-likeness (QED) is 0.688. The Bertz CT molecular complexity index is 755. The van der Waals surface area contributed by atoms with E-state index >= 15 is 0 Å². The van der Waals surface area contributed by atoms with Gasteiger partial charge in [-0.05, 0) is 12.1 Å². The number of rotatable bonds is 3. The molecule has 0 saturated carbocycles. The molecule has 0 N–H and O–H groups in total. The molecule has 94 valence electrons. The average Bonchev–Trinajstić information content (AvgIpc) is 3.07. The number of benzene rings is 1. The maximum Gasteiger partial charge on any atom is 0.156 e. The van der Waals surface area contributed by atoms with Gasteiger partial charge in [-0.3, -0.25) is 0 Å². The Morgan fingerprint density at radius 3 is 2.95 bits per heavy atom. The van der Waals surface area contributed by atoms with Gasteiger partial charge in [0.05, 0.1) is 29.7 Å². The number of aromatic nitrogens is 3. The van der Waals surface area contributed by atoms with E-state index in [-0.39, 0.29) is 5.88 Å². The lowest BCUT2D eigenvalue weighted by Crippen LogP contribution is -2.02. The standard InChI is InChI=1S/C13H9ClN4O/c14-6-12-17-13-9(7-15)2-1-3-11(13)18(12)8-10-4-5-16-19-10/h1-5H,6,8H2. The zero-order chi connectivity index (χ0) is 13.2. The van der Waals surface area contributed by atoms with E-state index in [4.69, 9.17) is 21.4 Å².